The summed E-state index contributed by atoms with van der Waals surface area (Å²) in [5.74, 6) is 1.03. The first-order valence-electron chi connectivity index (χ1n) is 10.6. The van der Waals surface area contributed by atoms with Crippen LogP contribution >= 0.6 is 0 Å². The van der Waals surface area contributed by atoms with Gasteiger partial charge in [0.05, 0.1) is 11.7 Å². The summed E-state index contributed by atoms with van der Waals surface area (Å²) in [6.45, 7) is 2.07. The van der Waals surface area contributed by atoms with Gasteiger partial charge in [0.2, 0.25) is 0 Å². The molecule has 1 aliphatic heterocycles. The van der Waals surface area contributed by atoms with Crippen molar-refractivity contribution < 1.29 is 4.42 Å². The smallest absolute Gasteiger partial charge is 0.143 e. The summed E-state index contributed by atoms with van der Waals surface area (Å²) < 4.78 is 6.24. The van der Waals surface area contributed by atoms with E-state index in [1.807, 2.05) is 12.1 Å². The summed E-state index contributed by atoms with van der Waals surface area (Å²) in [5.41, 5.74) is 7.70. The van der Waals surface area contributed by atoms with Gasteiger partial charge in [-0.05, 0) is 30.2 Å². The predicted octanol–water partition coefficient (Wildman–Crippen LogP) is 7.34. The normalized spacial score (nSPS) is 15.9. The van der Waals surface area contributed by atoms with Crippen LogP contribution in [-0.4, -0.2) is 17.8 Å². The van der Waals surface area contributed by atoms with Crippen molar-refractivity contribution in [1.29, 1.82) is 0 Å². The lowest BCUT2D eigenvalue weighted by Gasteiger charge is -2.34. The molecule has 150 valence electrons. The van der Waals surface area contributed by atoms with Crippen molar-refractivity contribution in [3.8, 4) is 11.1 Å². The first-order chi connectivity index (χ1) is 15.2. The molecular formula is C28H22N2O. The van der Waals surface area contributed by atoms with Crippen molar-refractivity contribution in [3.63, 3.8) is 0 Å². The van der Waals surface area contributed by atoms with E-state index in [0.29, 0.717) is 0 Å². The van der Waals surface area contributed by atoms with E-state index in [4.69, 9.17) is 9.41 Å². The molecule has 3 heteroatoms. The van der Waals surface area contributed by atoms with Crippen molar-refractivity contribution in [2.45, 2.75) is 13.0 Å². The molecule has 0 saturated heterocycles. The Labute approximate surface area is 181 Å². The number of amidine groups is 1. The van der Waals surface area contributed by atoms with Gasteiger partial charge in [0.1, 0.15) is 17.0 Å². The number of fused-ring (bicyclic) bond motifs is 4. The second-order valence-corrected chi connectivity index (χ2v) is 8.13. The molecule has 0 aliphatic carbocycles. The summed E-state index contributed by atoms with van der Waals surface area (Å²) in [4.78, 5) is 7.00. The Morgan fingerprint density at radius 3 is 2.39 bits per heavy atom. The highest BCUT2D eigenvalue weighted by molar-refractivity contribution is 6.09. The molecule has 1 aromatic heterocycles. The second-order valence-electron chi connectivity index (χ2n) is 8.13. The maximum Gasteiger partial charge on any atom is 0.143 e. The van der Waals surface area contributed by atoms with Crippen LogP contribution in [-0.2, 0) is 0 Å². The maximum absolute atomic E-state index is 6.24. The predicted molar refractivity (Wildman–Crippen MR) is 128 cm³/mol. The van der Waals surface area contributed by atoms with Crippen molar-refractivity contribution >= 4 is 33.5 Å². The highest BCUT2D eigenvalue weighted by atomic mass is 16.3. The second kappa shape index (κ2) is 6.85. The minimum Gasteiger partial charge on any atom is -0.455 e. The lowest BCUT2D eigenvalue weighted by atomic mass is 9.92. The summed E-state index contributed by atoms with van der Waals surface area (Å²) in [7, 11) is 2.11. The number of benzene rings is 4. The zero-order valence-electron chi connectivity index (χ0n) is 17.5. The van der Waals surface area contributed by atoms with E-state index >= 15 is 0 Å². The van der Waals surface area contributed by atoms with Crippen molar-refractivity contribution in [2.24, 2.45) is 4.99 Å². The number of rotatable bonds is 2. The third-order valence-corrected chi connectivity index (χ3v) is 6.35. The van der Waals surface area contributed by atoms with Crippen molar-refractivity contribution in [3.05, 3.63) is 102 Å². The Morgan fingerprint density at radius 1 is 0.774 bits per heavy atom. The zero-order valence-corrected chi connectivity index (χ0v) is 17.5. The Balaban J connectivity index is 1.45. The van der Waals surface area contributed by atoms with Gasteiger partial charge in [-0.3, -0.25) is 0 Å². The highest BCUT2D eigenvalue weighted by Gasteiger charge is 2.26. The van der Waals surface area contributed by atoms with Gasteiger partial charge in [0.25, 0.3) is 0 Å². The van der Waals surface area contributed by atoms with E-state index < -0.39 is 0 Å². The Bertz CT molecular complexity index is 1460. The third-order valence-electron chi connectivity index (χ3n) is 6.35. The summed E-state index contributed by atoms with van der Waals surface area (Å²) >= 11 is 0. The SMILES string of the molecule is CC1=Nc2ccccc2C(c2ccc(-c3cccc4c3oc3ccccc34)cc2)N1C. The molecule has 2 heterocycles. The van der Waals surface area contributed by atoms with Crippen LogP contribution in [0.25, 0.3) is 33.1 Å². The Kier molecular flexibility index (Phi) is 3.97. The Hall–Kier alpha value is -3.85. The molecule has 0 radical (unpaired) electrons. The molecule has 4 aromatic carbocycles. The van der Waals surface area contributed by atoms with Crippen LogP contribution in [0, 0.1) is 0 Å². The van der Waals surface area contributed by atoms with Crippen molar-refractivity contribution in [1.82, 2.24) is 4.90 Å². The average Bonchev–Trinajstić information content (AvgIpc) is 3.19. The van der Waals surface area contributed by atoms with Gasteiger partial charge in [-0.2, -0.15) is 0 Å². The fraction of sp³-hybridized carbons (Fsp3) is 0.107. The van der Waals surface area contributed by atoms with Gasteiger partial charge in [-0.15, -0.1) is 0 Å². The number of aliphatic imine (C=N–C) groups is 1. The molecule has 31 heavy (non-hydrogen) atoms. The van der Waals surface area contributed by atoms with Gasteiger partial charge in [-0.1, -0.05) is 78.9 Å². The largest absolute Gasteiger partial charge is 0.455 e. The molecule has 0 spiro atoms. The van der Waals surface area contributed by atoms with E-state index in [1.54, 1.807) is 0 Å². The van der Waals surface area contributed by atoms with E-state index in [1.165, 1.54) is 11.1 Å². The fourth-order valence-electron chi connectivity index (χ4n) is 4.69. The molecule has 6 rings (SSSR count). The molecule has 5 aromatic rings. The van der Waals surface area contributed by atoms with Crippen LogP contribution in [0.1, 0.15) is 24.1 Å². The summed E-state index contributed by atoms with van der Waals surface area (Å²) in [6.07, 6.45) is 0. The number of furan rings is 1. The topological polar surface area (TPSA) is 28.7 Å². The van der Waals surface area contributed by atoms with Gasteiger partial charge in [0, 0.05) is 28.9 Å². The van der Waals surface area contributed by atoms with E-state index in [-0.39, 0.29) is 6.04 Å². The van der Waals surface area contributed by atoms with Gasteiger partial charge >= 0.3 is 0 Å². The molecule has 0 bridgehead atoms. The molecule has 0 amide bonds. The monoisotopic (exact) mass is 402 g/mol. The molecular weight excluding hydrogens is 380 g/mol. The standard InChI is InChI=1S/C28H22N2O/c1-18-29-25-12-5-3-9-24(25)27(30(18)2)20-16-14-19(15-17-20)21-10-7-11-23-22-8-4-6-13-26(22)31-28(21)23/h3-17,27H,1-2H3. The van der Waals surface area contributed by atoms with Crippen LogP contribution in [0.4, 0.5) is 5.69 Å². The molecule has 0 N–H and O–H groups in total. The zero-order chi connectivity index (χ0) is 20.9. The van der Waals surface area contributed by atoms with Crippen molar-refractivity contribution in [2.75, 3.05) is 7.05 Å². The molecule has 0 fully saturated rings. The van der Waals surface area contributed by atoms with Gasteiger partial charge in [0.15, 0.2) is 0 Å². The van der Waals surface area contributed by atoms with E-state index in [9.17, 15) is 0 Å². The van der Waals surface area contributed by atoms with Crippen LogP contribution in [0.3, 0.4) is 0 Å². The van der Waals surface area contributed by atoms with E-state index in [0.717, 1.165) is 44.6 Å². The first-order valence-corrected chi connectivity index (χ1v) is 10.6. The highest BCUT2D eigenvalue weighted by Crippen LogP contribution is 2.40. The summed E-state index contributed by atoms with van der Waals surface area (Å²) in [5, 5.41) is 2.32. The minimum atomic E-state index is 0.157. The average molecular weight is 402 g/mol. The van der Waals surface area contributed by atoms with Gasteiger partial charge < -0.3 is 9.32 Å². The third kappa shape index (κ3) is 2.77. The molecule has 1 aliphatic rings. The van der Waals surface area contributed by atoms with E-state index in [2.05, 4.69) is 97.7 Å². The molecule has 0 saturated carbocycles. The first kappa shape index (κ1) is 18.0. The number of para-hydroxylation sites is 3. The summed E-state index contributed by atoms with van der Waals surface area (Å²) in [6, 6.07) is 32.0. The minimum absolute atomic E-state index is 0.157. The van der Waals surface area contributed by atoms with Crippen LogP contribution in [0.5, 0.6) is 0 Å². The van der Waals surface area contributed by atoms with Gasteiger partial charge in [-0.25, -0.2) is 4.99 Å². The number of hydrogen-bond acceptors (Lipinski definition) is 3. The maximum atomic E-state index is 6.24. The lowest BCUT2D eigenvalue weighted by molar-refractivity contribution is 0.419. The lowest BCUT2D eigenvalue weighted by Crippen LogP contribution is -2.32. The fourth-order valence-corrected chi connectivity index (χ4v) is 4.69. The molecule has 1 unspecified atom stereocenters. The van der Waals surface area contributed by atoms with Crippen LogP contribution in [0.2, 0.25) is 0 Å². The molecule has 3 nitrogen and oxygen atoms in total. The van der Waals surface area contributed by atoms with Crippen LogP contribution in [0.15, 0.2) is 100 Å². The number of hydrogen-bond donors (Lipinski definition) is 0. The van der Waals surface area contributed by atoms with Crippen LogP contribution < -0.4 is 0 Å². The number of nitrogens with zero attached hydrogens (tertiary/aromatic N) is 2. The molecule has 1 atom stereocenters. The quantitative estimate of drug-likeness (QED) is 0.309. The Morgan fingerprint density at radius 2 is 1.52 bits per heavy atom.